The van der Waals surface area contributed by atoms with Crippen LogP contribution in [-0.4, -0.2) is 66.2 Å². The molecule has 0 saturated carbocycles. The number of nitrogens with zero attached hydrogens (tertiary/aromatic N) is 3. The van der Waals surface area contributed by atoms with E-state index in [1.807, 2.05) is 0 Å². The molecule has 0 aromatic heterocycles. The lowest BCUT2D eigenvalue weighted by Crippen LogP contribution is -2.51. The number of hydrogen-bond donors (Lipinski definition) is 0. The lowest BCUT2D eigenvalue weighted by Gasteiger charge is -2.34. The standard InChI is InChI=1S/C23H22ClN3O5/c24-17-4-6-19(7-5-17)32-15-22(30)25-10-12-26(13-11-25)23(31)16-2-1-3-18(14-16)27-20(28)8-9-21(27)29/h1-7,14H,8-13,15H2. The third-order valence-electron chi connectivity index (χ3n) is 5.50. The third kappa shape index (κ3) is 4.75. The molecule has 8 nitrogen and oxygen atoms in total. The minimum Gasteiger partial charge on any atom is -0.484 e. The number of carbonyl (C=O) groups excluding carboxylic acids is 4. The maximum absolute atomic E-state index is 12.9. The Morgan fingerprint density at radius 2 is 1.50 bits per heavy atom. The number of carbonyl (C=O) groups is 4. The summed E-state index contributed by atoms with van der Waals surface area (Å²) in [6.45, 7) is 1.48. The minimum absolute atomic E-state index is 0.0878. The van der Waals surface area contributed by atoms with Gasteiger partial charge in [-0.2, -0.15) is 0 Å². The van der Waals surface area contributed by atoms with Gasteiger partial charge in [0.15, 0.2) is 6.61 Å². The van der Waals surface area contributed by atoms with E-state index < -0.39 is 0 Å². The van der Waals surface area contributed by atoms with E-state index in [-0.39, 0.29) is 43.1 Å². The zero-order chi connectivity index (χ0) is 22.7. The summed E-state index contributed by atoms with van der Waals surface area (Å²) >= 11 is 5.84. The number of amides is 4. The molecule has 4 amide bonds. The molecule has 32 heavy (non-hydrogen) atoms. The zero-order valence-corrected chi connectivity index (χ0v) is 18.1. The third-order valence-corrected chi connectivity index (χ3v) is 5.75. The summed E-state index contributed by atoms with van der Waals surface area (Å²) in [5.74, 6) is -0.304. The van der Waals surface area contributed by atoms with Crippen LogP contribution in [-0.2, 0) is 14.4 Å². The van der Waals surface area contributed by atoms with Gasteiger partial charge < -0.3 is 14.5 Å². The number of rotatable bonds is 5. The van der Waals surface area contributed by atoms with Crippen LogP contribution in [0, 0.1) is 0 Å². The van der Waals surface area contributed by atoms with E-state index in [2.05, 4.69) is 0 Å². The summed E-state index contributed by atoms with van der Waals surface area (Å²) in [5, 5.41) is 0.591. The van der Waals surface area contributed by atoms with E-state index in [1.165, 1.54) is 0 Å². The van der Waals surface area contributed by atoms with Gasteiger partial charge in [0.1, 0.15) is 5.75 Å². The number of imide groups is 1. The molecule has 2 fully saturated rings. The van der Waals surface area contributed by atoms with Crippen molar-refractivity contribution in [1.82, 2.24) is 9.80 Å². The summed E-state index contributed by atoms with van der Waals surface area (Å²) in [6, 6.07) is 13.3. The van der Waals surface area contributed by atoms with Gasteiger partial charge in [-0.15, -0.1) is 0 Å². The molecular weight excluding hydrogens is 434 g/mol. The quantitative estimate of drug-likeness (QED) is 0.646. The van der Waals surface area contributed by atoms with Crippen molar-refractivity contribution in [2.24, 2.45) is 0 Å². The van der Waals surface area contributed by atoms with Crippen molar-refractivity contribution in [3.05, 3.63) is 59.1 Å². The summed E-state index contributed by atoms with van der Waals surface area (Å²) in [7, 11) is 0. The van der Waals surface area contributed by atoms with E-state index in [0.29, 0.717) is 48.2 Å². The van der Waals surface area contributed by atoms with Crippen LogP contribution in [0.2, 0.25) is 5.02 Å². The first-order chi connectivity index (χ1) is 15.4. The van der Waals surface area contributed by atoms with Crippen molar-refractivity contribution < 1.29 is 23.9 Å². The summed E-state index contributed by atoms with van der Waals surface area (Å²) in [5.41, 5.74) is 0.817. The first kappa shape index (κ1) is 21.8. The molecule has 0 radical (unpaired) electrons. The number of ether oxygens (including phenoxy) is 1. The summed E-state index contributed by atoms with van der Waals surface area (Å²) < 4.78 is 5.51. The average molecular weight is 456 g/mol. The molecule has 2 aliphatic heterocycles. The maximum Gasteiger partial charge on any atom is 0.260 e. The van der Waals surface area contributed by atoms with E-state index in [4.69, 9.17) is 16.3 Å². The minimum atomic E-state index is -0.257. The van der Waals surface area contributed by atoms with Crippen molar-refractivity contribution in [3.8, 4) is 5.75 Å². The molecular formula is C23H22ClN3O5. The summed E-state index contributed by atoms with van der Waals surface area (Å²) in [4.78, 5) is 53.8. The van der Waals surface area contributed by atoms with Crippen LogP contribution in [0.4, 0.5) is 5.69 Å². The molecule has 0 atom stereocenters. The molecule has 0 unspecified atom stereocenters. The van der Waals surface area contributed by atoms with Crippen molar-refractivity contribution in [3.63, 3.8) is 0 Å². The predicted octanol–water partition coefficient (Wildman–Crippen LogP) is 2.36. The van der Waals surface area contributed by atoms with Gasteiger partial charge in [0, 0.05) is 49.6 Å². The van der Waals surface area contributed by atoms with Gasteiger partial charge in [0.2, 0.25) is 11.8 Å². The SMILES string of the molecule is O=C(COc1ccc(Cl)cc1)N1CCN(C(=O)c2cccc(N3C(=O)CCC3=O)c2)CC1. The van der Waals surface area contributed by atoms with Crippen molar-refractivity contribution in [1.29, 1.82) is 0 Å². The van der Waals surface area contributed by atoms with Crippen LogP contribution in [0.1, 0.15) is 23.2 Å². The van der Waals surface area contributed by atoms with Crippen molar-refractivity contribution in [2.75, 3.05) is 37.7 Å². The second-order valence-electron chi connectivity index (χ2n) is 7.59. The first-order valence-corrected chi connectivity index (χ1v) is 10.7. The number of piperazine rings is 1. The second-order valence-corrected chi connectivity index (χ2v) is 8.03. The van der Waals surface area contributed by atoms with Gasteiger partial charge in [0.25, 0.3) is 11.8 Å². The molecule has 2 aromatic carbocycles. The molecule has 0 aliphatic carbocycles. The number of halogens is 1. The Labute approximate surface area is 190 Å². The topological polar surface area (TPSA) is 87.2 Å². The van der Waals surface area contributed by atoms with Crippen LogP contribution in [0.15, 0.2) is 48.5 Å². The molecule has 0 N–H and O–H groups in total. The lowest BCUT2D eigenvalue weighted by atomic mass is 10.1. The van der Waals surface area contributed by atoms with E-state index >= 15 is 0 Å². The Kier molecular flexibility index (Phi) is 6.41. The normalized spacial score (nSPS) is 16.5. The number of hydrogen-bond acceptors (Lipinski definition) is 5. The fourth-order valence-electron chi connectivity index (χ4n) is 3.75. The Bertz CT molecular complexity index is 1030. The highest BCUT2D eigenvalue weighted by Gasteiger charge is 2.31. The molecule has 166 valence electrons. The molecule has 2 aliphatic rings. The molecule has 4 rings (SSSR count). The van der Waals surface area contributed by atoms with Gasteiger partial charge in [0.05, 0.1) is 5.69 Å². The van der Waals surface area contributed by atoms with Crippen LogP contribution in [0.25, 0.3) is 0 Å². The average Bonchev–Trinajstić information content (AvgIpc) is 3.16. The van der Waals surface area contributed by atoms with E-state index in [1.54, 1.807) is 58.3 Å². The van der Waals surface area contributed by atoms with Crippen LogP contribution < -0.4 is 9.64 Å². The fraction of sp³-hybridized carbons (Fsp3) is 0.304. The predicted molar refractivity (Wildman–Crippen MR) is 118 cm³/mol. The second kappa shape index (κ2) is 9.40. The van der Waals surface area contributed by atoms with Gasteiger partial charge in [-0.05, 0) is 42.5 Å². The largest absolute Gasteiger partial charge is 0.484 e. The Morgan fingerprint density at radius 3 is 2.16 bits per heavy atom. The van der Waals surface area contributed by atoms with Crippen LogP contribution >= 0.6 is 11.6 Å². The molecule has 0 bridgehead atoms. The summed E-state index contributed by atoms with van der Waals surface area (Å²) in [6.07, 6.45) is 0.378. The number of benzene rings is 2. The van der Waals surface area contributed by atoms with Crippen LogP contribution in [0.5, 0.6) is 5.75 Å². The number of anilines is 1. The van der Waals surface area contributed by atoms with Crippen molar-refractivity contribution >= 4 is 40.9 Å². The van der Waals surface area contributed by atoms with E-state index in [9.17, 15) is 19.2 Å². The molecule has 0 spiro atoms. The lowest BCUT2D eigenvalue weighted by molar-refractivity contribution is -0.134. The fourth-order valence-corrected chi connectivity index (χ4v) is 3.88. The molecule has 9 heteroatoms. The highest BCUT2D eigenvalue weighted by molar-refractivity contribution is 6.30. The maximum atomic E-state index is 12.9. The van der Waals surface area contributed by atoms with Gasteiger partial charge in [-0.1, -0.05) is 17.7 Å². The van der Waals surface area contributed by atoms with Gasteiger partial charge in [-0.25, -0.2) is 0 Å². The molecule has 2 aromatic rings. The Hall–Kier alpha value is -3.39. The first-order valence-electron chi connectivity index (χ1n) is 10.3. The van der Waals surface area contributed by atoms with Crippen LogP contribution in [0.3, 0.4) is 0 Å². The monoisotopic (exact) mass is 455 g/mol. The Morgan fingerprint density at radius 1 is 0.875 bits per heavy atom. The highest BCUT2D eigenvalue weighted by atomic mass is 35.5. The molecule has 2 heterocycles. The van der Waals surface area contributed by atoms with Gasteiger partial charge >= 0.3 is 0 Å². The Balaban J connectivity index is 1.32. The highest BCUT2D eigenvalue weighted by Crippen LogP contribution is 2.24. The smallest absolute Gasteiger partial charge is 0.260 e. The van der Waals surface area contributed by atoms with E-state index in [0.717, 1.165) is 4.90 Å². The zero-order valence-electron chi connectivity index (χ0n) is 17.3. The molecule has 2 saturated heterocycles. The van der Waals surface area contributed by atoms with Gasteiger partial charge in [-0.3, -0.25) is 24.1 Å². The van der Waals surface area contributed by atoms with Crippen molar-refractivity contribution in [2.45, 2.75) is 12.8 Å².